The van der Waals surface area contributed by atoms with E-state index in [4.69, 9.17) is 4.74 Å². The van der Waals surface area contributed by atoms with E-state index in [9.17, 15) is 19.4 Å². The number of alkyl halides is 1. The number of aliphatic carboxylic acids is 1. The van der Waals surface area contributed by atoms with Crippen molar-refractivity contribution in [2.75, 3.05) is 26.7 Å². The number of likely N-dealkylation sites (tertiary alicyclic amines) is 1. The molecule has 0 unspecified atom stereocenters. The highest BCUT2D eigenvalue weighted by molar-refractivity contribution is 5.85. The van der Waals surface area contributed by atoms with Gasteiger partial charge in [0.15, 0.2) is 0 Å². The Kier molecular flexibility index (Phi) is 9.18. The van der Waals surface area contributed by atoms with Crippen LogP contribution in [0.5, 0.6) is 5.75 Å². The SMILES string of the molecule is COc1ccc2ncc(CF)c([C@H](O)CCC3(CC(=O)O)CCN(CCC4CCCCC4)CC3)c2c1. The van der Waals surface area contributed by atoms with Crippen molar-refractivity contribution in [3.05, 3.63) is 35.5 Å². The molecule has 36 heavy (non-hydrogen) atoms. The minimum absolute atomic E-state index is 0.108. The summed E-state index contributed by atoms with van der Waals surface area (Å²) < 4.78 is 19.2. The van der Waals surface area contributed by atoms with E-state index in [-0.39, 0.29) is 11.8 Å². The van der Waals surface area contributed by atoms with Gasteiger partial charge in [-0.2, -0.15) is 0 Å². The van der Waals surface area contributed by atoms with Crippen LogP contribution < -0.4 is 4.74 Å². The Morgan fingerprint density at radius 1 is 1.25 bits per heavy atom. The lowest BCUT2D eigenvalue weighted by atomic mass is 9.71. The van der Waals surface area contributed by atoms with Gasteiger partial charge in [-0.1, -0.05) is 32.1 Å². The normalized spacial score (nSPS) is 19.9. The van der Waals surface area contributed by atoms with E-state index in [0.29, 0.717) is 40.6 Å². The van der Waals surface area contributed by atoms with Crippen LogP contribution in [0.1, 0.15) is 87.9 Å². The number of aliphatic hydroxyl groups excluding tert-OH is 1. The molecule has 1 saturated carbocycles. The van der Waals surface area contributed by atoms with Crippen molar-refractivity contribution < 1.29 is 24.1 Å². The van der Waals surface area contributed by atoms with Crippen molar-refractivity contribution in [1.29, 1.82) is 0 Å². The smallest absolute Gasteiger partial charge is 0.303 e. The van der Waals surface area contributed by atoms with Gasteiger partial charge in [0.05, 0.1) is 25.2 Å². The Bertz CT molecular complexity index is 1010. The lowest BCUT2D eigenvalue weighted by Gasteiger charge is -2.42. The fourth-order valence-electron chi connectivity index (χ4n) is 6.38. The molecule has 0 spiro atoms. The van der Waals surface area contributed by atoms with Crippen molar-refractivity contribution in [2.45, 2.75) is 83.4 Å². The average molecular weight is 501 g/mol. The van der Waals surface area contributed by atoms with Crippen LogP contribution in [0.2, 0.25) is 0 Å². The highest BCUT2D eigenvalue weighted by Gasteiger charge is 2.37. The minimum atomic E-state index is -0.900. The van der Waals surface area contributed by atoms with Gasteiger partial charge in [0.25, 0.3) is 0 Å². The third-order valence-electron chi connectivity index (χ3n) is 8.65. The van der Waals surface area contributed by atoms with Gasteiger partial charge in [-0.25, -0.2) is 4.39 Å². The van der Waals surface area contributed by atoms with E-state index in [1.54, 1.807) is 25.3 Å². The van der Waals surface area contributed by atoms with Crippen LogP contribution >= 0.6 is 0 Å². The molecule has 1 aliphatic carbocycles. The lowest BCUT2D eigenvalue weighted by molar-refractivity contribution is -0.141. The monoisotopic (exact) mass is 500 g/mol. The molecule has 2 fully saturated rings. The number of carboxylic acid groups (broad SMARTS) is 1. The third-order valence-corrected chi connectivity index (χ3v) is 8.65. The van der Waals surface area contributed by atoms with E-state index in [0.717, 1.165) is 38.4 Å². The number of aliphatic hydroxyl groups is 1. The molecule has 2 aromatic rings. The van der Waals surface area contributed by atoms with Gasteiger partial charge in [-0.3, -0.25) is 9.78 Å². The second kappa shape index (κ2) is 12.3. The first-order valence-electron chi connectivity index (χ1n) is 13.6. The van der Waals surface area contributed by atoms with Crippen LogP contribution in [0, 0.1) is 11.3 Å². The highest BCUT2D eigenvalue weighted by atomic mass is 19.1. The van der Waals surface area contributed by atoms with Crippen molar-refractivity contribution in [2.24, 2.45) is 11.3 Å². The molecule has 1 atom stereocenters. The molecule has 1 aromatic heterocycles. The maximum atomic E-state index is 13.9. The summed E-state index contributed by atoms with van der Waals surface area (Å²) in [4.78, 5) is 18.6. The summed E-state index contributed by atoms with van der Waals surface area (Å²) in [6.45, 7) is 2.19. The maximum Gasteiger partial charge on any atom is 0.303 e. The molecule has 7 heteroatoms. The molecular weight excluding hydrogens is 459 g/mol. The number of carbonyl (C=O) groups is 1. The topological polar surface area (TPSA) is 82.9 Å². The Hall–Kier alpha value is -2.25. The van der Waals surface area contributed by atoms with E-state index >= 15 is 0 Å². The number of pyridine rings is 1. The zero-order chi connectivity index (χ0) is 25.5. The Labute approximate surface area is 213 Å². The van der Waals surface area contributed by atoms with Gasteiger partial charge in [-0.15, -0.1) is 0 Å². The van der Waals surface area contributed by atoms with Crippen LogP contribution in [0.3, 0.4) is 0 Å². The summed E-state index contributed by atoms with van der Waals surface area (Å²) in [6, 6.07) is 5.39. The zero-order valence-electron chi connectivity index (χ0n) is 21.6. The summed E-state index contributed by atoms with van der Waals surface area (Å²) in [5.74, 6) is 0.679. The molecule has 0 bridgehead atoms. The molecule has 6 nitrogen and oxygen atoms in total. The molecule has 0 amide bonds. The van der Waals surface area contributed by atoms with E-state index in [1.807, 2.05) is 0 Å². The standard InChI is InChI=1S/C29H41FN2O4/c1-36-23-7-8-25-24(17-23)28(22(19-30)20-31-25)26(33)9-11-29(18-27(34)35)12-15-32(16-13-29)14-10-21-5-3-2-4-6-21/h7-8,17,20-21,26,33H,2-6,9-16,18-19H2,1H3,(H,34,35)/t26-/m1/s1. The fourth-order valence-corrected chi connectivity index (χ4v) is 6.38. The number of nitrogens with zero attached hydrogens (tertiary/aromatic N) is 2. The van der Waals surface area contributed by atoms with Gasteiger partial charge in [0.2, 0.25) is 0 Å². The average Bonchev–Trinajstić information content (AvgIpc) is 2.90. The number of rotatable bonds is 11. The fraction of sp³-hybridized carbons (Fsp3) is 0.655. The van der Waals surface area contributed by atoms with Gasteiger partial charge in [0, 0.05) is 17.1 Å². The quantitative estimate of drug-likeness (QED) is 0.391. The molecule has 1 aliphatic heterocycles. The van der Waals surface area contributed by atoms with Crippen LogP contribution in [-0.4, -0.2) is 52.8 Å². The Morgan fingerprint density at radius 3 is 2.67 bits per heavy atom. The van der Waals surface area contributed by atoms with E-state index in [2.05, 4.69) is 9.88 Å². The lowest BCUT2D eigenvalue weighted by Crippen LogP contribution is -2.42. The molecule has 1 saturated heterocycles. The number of piperidine rings is 1. The summed E-state index contributed by atoms with van der Waals surface area (Å²) in [6.07, 6.45) is 11.4. The van der Waals surface area contributed by atoms with Crippen molar-refractivity contribution in [3.63, 3.8) is 0 Å². The number of fused-ring (bicyclic) bond motifs is 1. The van der Waals surface area contributed by atoms with Crippen molar-refractivity contribution >= 4 is 16.9 Å². The summed E-state index contributed by atoms with van der Waals surface area (Å²) in [5.41, 5.74) is 1.24. The van der Waals surface area contributed by atoms with Crippen molar-refractivity contribution in [3.8, 4) is 5.75 Å². The first kappa shape index (κ1) is 26.8. The summed E-state index contributed by atoms with van der Waals surface area (Å²) in [5, 5.41) is 21.6. The zero-order valence-corrected chi connectivity index (χ0v) is 21.6. The molecule has 2 N–H and O–H groups in total. The molecule has 198 valence electrons. The Morgan fingerprint density at radius 2 is 2.00 bits per heavy atom. The molecule has 2 heterocycles. The number of carboxylic acids is 1. The van der Waals surface area contributed by atoms with E-state index in [1.165, 1.54) is 44.7 Å². The molecular formula is C29H41FN2O4. The van der Waals surface area contributed by atoms with Crippen LogP contribution in [0.15, 0.2) is 24.4 Å². The van der Waals surface area contributed by atoms with Gasteiger partial charge in [0.1, 0.15) is 12.4 Å². The number of benzene rings is 1. The Balaban J connectivity index is 1.43. The number of ether oxygens (including phenoxy) is 1. The predicted molar refractivity (Wildman–Crippen MR) is 139 cm³/mol. The molecule has 1 aromatic carbocycles. The van der Waals surface area contributed by atoms with Crippen LogP contribution in [0.25, 0.3) is 10.9 Å². The second-order valence-corrected chi connectivity index (χ2v) is 11.0. The van der Waals surface area contributed by atoms with Crippen LogP contribution in [0.4, 0.5) is 4.39 Å². The van der Waals surface area contributed by atoms with Crippen LogP contribution in [-0.2, 0) is 11.5 Å². The first-order valence-corrected chi connectivity index (χ1v) is 13.6. The van der Waals surface area contributed by atoms with Crippen molar-refractivity contribution in [1.82, 2.24) is 9.88 Å². The minimum Gasteiger partial charge on any atom is -0.497 e. The van der Waals surface area contributed by atoms with Gasteiger partial charge >= 0.3 is 5.97 Å². The molecule has 2 aliphatic rings. The first-order chi connectivity index (χ1) is 17.4. The number of methoxy groups -OCH3 is 1. The number of hydrogen-bond donors (Lipinski definition) is 2. The number of aromatic nitrogens is 1. The van der Waals surface area contributed by atoms with Gasteiger partial charge in [-0.05, 0) is 86.8 Å². The van der Waals surface area contributed by atoms with E-state index < -0.39 is 18.7 Å². The third kappa shape index (κ3) is 6.54. The summed E-state index contributed by atoms with van der Waals surface area (Å²) >= 11 is 0. The highest BCUT2D eigenvalue weighted by Crippen LogP contribution is 2.43. The van der Waals surface area contributed by atoms with Gasteiger partial charge < -0.3 is 19.8 Å². The maximum absolute atomic E-state index is 13.9. The summed E-state index contributed by atoms with van der Waals surface area (Å²) in [7, 11) is 1.57. The number of halogens is 1. The largest absolute Gasteiger partial charge is 0.497 e. The second-order valence-electron chi connectivity index (χ2n) is 11.0. The number of hydrogen-bond acceptors (Lipinski definition) is 5. The molecule has 0 radical (unpaired) electrons. The predicted octanol–water partition coefficient (Wildman–Crippen LogP) is 6.05. The molecule has 4 rings (SSSR count).